The third kappa shape index (κ3) is 4.66. The number of methoxy groups -OCH3 is 1. The van der Waals surface area contributed by atoms with Crippen LogP contribution in [0.1, 0.15) is 18.4 Å². The molecule has 2 nitrogen and oxygen atoms in total. The lowest BCUT2D eigenvalue weighted by Crippen LogP contribution is -1.95. The molecule has 0 radical (unpaired) electrons. The van der Waals surface area contributed by atoms with Crippen LogP contribution in [0.5, 0.6) is 5.75 Å². The number of allylic oxidation sites excluding steroid dienone is 1. The average Bonchev–Trinajstić information content (AvgIpc) is 2.30. The van der Waals surface area contributed by atoms with Crippen LogP contribution in [0.3, 0.4) is 0 Å². The molecule has 0 saturated carbocycles. The zero-order valence-electron chi connectivity index (χ0n) is 9.28. The summed E-state index contributed by atoms with van der Waals surface area (Å²) in [5.41, 5.74) is 6.73. The fourth-order valence-corrected chi connectivity index (χ4v) is 1.37. The van der Waals surface area contributed by atoms with Gasteiger partial charge in [-0.2, -0.15) is 0 Å². The first-order valence-corrected chi connectivity index (χ1v) is 5.35. The lowest BCUT2D eigenvalue weighted by Gasteiger charge is -2.01. The van der Waals surface area contributed by atoms with Gasteiger partial charge in [-0.15, -0.1) is 0 Å². The third-order valence-corrected chi connectivity index (χ3v) is 2.26. The normalized spacial score (nSPS) is 10.8. The lowest BCUT2D eigenvalue weighted by molar-refractivity contribution is 0.414. The molecule has 1 aromatic rings. The van der Waals surface area contributed by atoms with Crippen LogP contribution in [-0.4, -0.2) is 13.7 Å². The standard InChI is InChI=1S/C13H19NO/c1-15-13-9-7-12(8-10-13)6-4-2-3-5-11-14/h2-3,7-10H,4-6,11,14H2,1H3. The molecule has 0 aliphatic carbocycles. The Labute approximate surface area is 91.7 Å². The maximum Gasteiger partial charge on any atom is 0.118 e. The van der Waals surface area contributed by atoms with Crippen molar-refractivity contribution in [3.05, 3.63) is 42.0 Å². The second-order valence-electron chi connectivity index (χ2n) is 3.44. The Balaban J connectivity index is 2.31. The highest BCUT2D eigenvalue weighted by molar-refractivity contribution is 5.27. The molecule has 0 fully saturated rings. The van der Waals surface area contributed by atoms with Gasteiger partial charge in [-0.1, -0.05) is 24.3 Å². The van der Waals surface area contributed by atoms with Crippen molar-refractivity contribution < 1.29 is 4.74 Å². The van der Waals surface area contributed by atoms with Crippen LogP contribution in [0.25, 0.3) is 0 Å². The average molecular weight is 205 g/mol. The van der Waals surface area contributed by atoms with Crippen molar-refractivity contribution in [1.29, 1.82) is 0 Å². The van der Waals surface area contributed by atoms with Gasteiger partial charge in [0.25, 0.3) is 0 Å². The number of aryl methyl sites for hydroxylation is 1. The minimum atomic E-state index is 0.735. The highest BCUT2D eigenvalue weighted by Gasteiger charge is 1.92. The van der Waals surface area contributed by atoms with Gasteiger partial charge < -0.3 is 10.5 Å². The van der Waals surface area contributed by atoms with Crippen LogP contribution in [0.15, 0.2) is 36.4 Å². The minimum absolute atomic E-state index is 0.735. The summed E-state index contributed by atoms with van der Waals surface area (Å²) in [7, 11) is 1.69. The molecular formula is C13H19NO. The molecule has 15 heavy (non-hydrogen) atoms. The van der Waals surface area contributed by atoms with E-state index in [1.54, 1.807) is 7.11 Å². The lowest BCUT2D eigenvalue weighted by atomic mass is 10.1. The highest BCUT2D eigenvalue weighted by atomic mass is 16.5. The largest absolute Gasteiger partial charge is 0.497 e. The van der Waals surface area contributed by atoms with E-state index in [-0.39, 0.29) is 0 Å². The van der Waals surface area contributed by atoms with Gasteiger partial charge in [-0.05, 0) is 43.5 Å². The molecule has 0 aliphatic heterocycles. The number of hydrogen-bond donors (Lipinski definition) is 1. The number of hydrogen-bond acceptors (Lipinski definition) is 2. The van der Waals surface area contributed by atoms with E-state index in [1.165, 1.54) is 5.56 Å². The van der Waals surface area contributed by atoms with E-state index in [4.69, 9.17) is 10.5 Å². The third-order valence-electron chi connectivity index (χ3n) is 2.26. The molecule has 0 amide bonds. The molecule has 1 aromatic carbocycles. The zero-order chi connectivity index (χ0) is 10.9. The van der Waals surface area contributed by atoms with Crippen molar-refractivity contribution in [3.8, 4) is 5.75 Å². The van der Waals surface area contributed by atoms with Gasteiger partial charge in [0.2, 0.25) is 0 Å². The number of ether oxygens (including phenoxy) is 1. The summed E-state index contributed by atoms with van der Waals surface area (Å²) >= 11 is 0. The maximum absolute atomic E-state index is 5.39. The fraction of sp³-hybridized carbons (Fsp3) is 0.385. The molecule has 0 atom stereocenters. The molecule has 0 unspecified atom stereocenters. The predicted octanol–water partition coefficient (Wildman–Crippen LogP) is 2.53. The van der Waals surface area contributed by atoms with Gasteiger partial charge in [0, 0.05) is 0 Å². The van der Waals surface area contributed by atoms with Crippen LogP contribution in [0.2, 0.25) is 0 Å². The van der Waals surface area contributed by atoms with E-state index in [1.807, 2.05) is 12.1 Å². The molecule has 0 saturated heterocycles. The summed E-state index contributed by atoms with van der Waals surface area (Å²) in [4.78, 5) is 0. The molecule has 2 N–H and O–H groups in total. The number of nitrogens with two attached hydrogens (primary N) is 1. The van der Waals surface area contributed by atoms with Crippen LogP contribution in [0, 0.1) is 0 Å². The molecule has 1 rings (SSSR count). The summed E-state index contributed by atoms with van der Waals surface area (Å²) < 4.78 is 5.10. The smallest absolute Gasteiger partial charge is 0.118 e. The molecule has 0 heterocycles. The molecule has 0 aliphatic rings. The summed E-state index contributed by atoms with van der Waals surface area (Å²) in [6, 6.07) is 8.21. The summed E-state index contributed by atoms with van der Waals surface area (Å²) in [5, 5.41) is 0. The Kier molecular flexibility index (Phi) is 5.56. The van der Waals surface area contributed by atoms with Gasteiger partial charge in [0.15, 0.2) is 0 Å². The van der Waals surface area contributed by atoms with Gasteiger partial charge in [0.1, 0.15) is 5.75 Å². The summed E-state index contributed by atoms with van der Waals surface area (Å²) in [5.74, 6) is 0.914. The second-order valence-corrected chi connectivity index (χ2v) is 3.44. The topological polar surface area (TPSA) is 35.2 Å². The fourth-order valence-electron chi connectivity index (χ4n) is 1.37. The maximum atomic E-state index is 5.39. The highest BCUT2D eigenvalue weighted by Crippen LogP contribution is 2.12. The van der Waals surface area contributed by atoms with Crippen molar-refractivity contribution in [3.63, 3.8) is 0 Å². The van der Waals surface area contributed by atoms with Crippen LogP contribution < -0.4 is 10.5 Å². The van der Waals surface area contributed by atoms with E-state index in [9.17, 15) is 0 Å². The number of rotatable bonds is 6. The quantitative estimate of drug-likeness (QED) is 0.724. The second kappa shape index (κ2) is 7.07. The summed E-state index contributed by atoms with van der Waals surface area (Å²) in [6.45, 7) is 0.735. The van der Waals surface area contributed by atoms with E-state index in [2.05, 4.69) is 24.3 Å². The van der Waals surface area contributed by atoms with Crippen molar-refractivity contribution in [2.45, 2.75) is 19.3 Å². The first-order valence-electron chi connectivity index (χ1n) is 5.35. The Morgan fingerprint density at radius 2 is 1.80 bits per heavy atom. The first-order chi connectivity index (χ1) is 7.36. The van der Waals surface area contributed by atoms with E-state index >= 15 is 0 Å². The summed E-state index contributed by atoms with van der Waals surface area (Å²) in [6.07, 6.45) is 7.46. The van der Waals surface area contributed by atoms with E-state index in [0.717, 1.165) is 31.6 Å². The zero-order valence-corrected chi connectivity index (χ0v) is 9.28. The van der Waals surface area contributed by atoms with Crippen molar-refractivity contribution in [2.24, 2.45) is 5.73 Å². The van der Waals surface area contributed by atoms with Crippen LogP contribution in [-0.2, 0) is 6.42 Å². The van der Waals surface area contributed by atoms with Crippen LogP contribution in [0.4, 0.5) is 0 Å². The Morgan fingerprint density at radius 3 is 2.40 bits per heavy atom. The Hall–Kier alpha value is -1.28. The molecule has 0 bridgehead atoms. The van der Waals surface area contributed by atoms with Gasteiger partial charge in [-0.3, -0.25) is 0 Å². The molecular weight excluding hydrogens is 186 g/mol. The molecule has 2 heteroatoms. The Morgan fingerprint density at radius 1 is 1.13 bits per heavy atom. The number of benzene rings is 1. The van der Waals surface area contributed by atoms with Gasteiger partial charge in [-0.25, -0.2) is 0 Å². The monoisotopic (exact) mass is 205 g/mol. The molecule has 0 spiro atoms. The van der Waals surface area contributed by atoms with Gasteiger partial charge in [0.05, 0.1) is 7.11 Å². The molecule has 0 aromatic heterocycles. The van der Waals surface area contributed by atoms with Crippen molar-refractivity contribution >= 4 is 0 Å². The van der Waals surface area contributed by atoms with Crippen molar-refractivity contribution in [1.82, 2.24) is 0 Å². The minimum Gasteiger partial charge on any atom is -0.497 e. The molecule has 82 valence electrons. The Bertz CT molecular complexity index is 290. The van der Waals surface area contributed by atoms with Crippen LogP contribution >= 0.6 is 0 Å². The van der Waals surface area contributed by atoms with E-state index < -0.39 is 0 Å². The predicted molar refractivity (Wildman–Crippen MR) is 64.1 cm³/mol. The van der Waals surface area contributed by atoms with Crippen molar-refractivity contribution in [2.75, 3.05) is 13.7 Å². The first kappa shape index (κ1) is 11.8. The SMILES string of the molecule is COc1ccc(CCC=CCCN)cc1. The van der Waals surface area contributed by atoms with E-state index in [0.29, 0.717) is 0 Å². The van der Waals surface area contributed by atoms with Gasteiger partial charge >= 0.3 is 0 Å².